The van der Waals surface area contributed by atoms with Crippen LogP contribution in [0.1, 0.15) is 30.4 Å². The minimum atomic E-state index is -0.0461. The molecule has 4 nitrogen and oxygen atoms in total. The molecule has 0 radical (unpaired) electrons. The van der Waals surface area contributed by atoms with Crippen LogP contribution in [0.5, 0.6) is 0 Å². The molecule has 5 heteroatoms. The Kier molecular flexibility index (Phi) is 4.52. The minimum absolute atomic E-state index is 0.0461. The maximum atomic E-state index is 12.1. The highest BCUT2D eigenvalue weighted by atomic mass is 32.2. The first kappa shape index (κ1) is 15.2. The van der Waals surface area contributed by atoms with Crippen molar-refractivity contribution in [2.75, 3.05) is 6.54 Å². The molecule has 1 fully saturated rings. The molecule has 22 heavy (non-hydrogen) atoms. The van der Waals surface area contributed by atoms with E-state index in [1.54, 1.807) is 18.0 Å². The minimum Gasteiger partial charge on any atom is -0.355 e. The molecule has 1 saturated heterocycles. The van der Waals surface area contributed by atoms with Crippen molar-refractivity contribution < 1.29 is 4.79 Å². The van der Waals surface area contributed by atoms with E-state index in [0.717, 1.165) is 36.7 Å². The van der Waals surface area contributed by atoms with Crippen LogP contribution in [0.3, 0.4) is 0 Å². The molecule has 116 valence electrons. The van der Waals surface area contributed by atoms with E-state index in [4.69, 9.17) is 0 Å². The number of hydrogen-bond donors (Lipinski definition) is 1. The zero-order valence-corrected chi connectivity index (χ0v) is 13.8. The first-order valence-electron chi connectivity index (χ1n) is 7.70. The number of rotatable bonds is 3. The Hall–Kier alpha value is -1.75. The summed E-state index contributed by atoms with van der Waals surface area (Å²) in [5.41, 5.74) is 3.63. The van der Waals surface area contributed by atoms with Gasteiger partial charge in [0.15, 0.2) is 5.16 Å². The topological polar surface area (TPSA) is 46.9 Å². The fraction of sp³-hybridized carbons (Fsp3) is 0.412. The van der Waals surface area contributed by atoms with Crippen LogP contribution in [-0.4, -0.2) is 27.3 Å². The third-order valence-corrected chi connectivity index (χ3v) is 5.36. The summed E-state index contributed by atoms with van der Waals surface area (Å²) in [4.78, 5) is 16.6. The predicted octanol–water partition coefficient (Wildman–Crippen LogP) is 3.25. The van der Waals surface area contributed by atoms with Gasteiger partial charge in [0.1, 0.15) is 0 Å². The van der Waals surface area contributed by atoms with E-state index in [1.165, 1.54) is 11.1 Å². The Balaban J connectivity index is 1.85. The third-order valence-electron chi connectivity index (χ3n) is 4.11. The normalized spacial score (nSPS) is 18.8. The third kappa shape index (κ3) is 3.19. The summed E-state index contributed by atoms with van der Waals surface area (Å²) in [7, 11) is 0. The van der Waals surface area contributed by atoms with Crippen molar-refractivity contribution in [3.05, 3.63) is 41.7 Å². The van der Waals surface area contributed by atoms with E-state index in [1.807, 2.05) is 6.20 Å². The standard InChI is InChI=1S/C17H21N3OS/c1-12-6-7-14(11-13(12)2)20-10-9-19-17(20)22-15-5-3-4-8-18-16(15)21/h6-7,9-11,15H,3-5,8H2,1-2H3,(H,18,21)/t15-/m1/s1. The van der Waals surface area contributed by atoms with Gasteiger partial charge in [-0.25, -0.2) is 4.98 Å². The van der Waals surface area contributed by atoms with E-state index >= 15 is 0 Å². The van der Waals surface area contributed by atoms with Crippen LogP contribution in [0.25, 0.3) is 5.69 Å². The summed E-state index contributed by atoms with van der Waals surface area (Å²) >= 11 is 1.56. The molecule has 0 aliphatic carbocycles. The first-order valence-corrected chi connectivity index (χ1v) is 8.58. The Labute approximate surface area is 135 Å². The zero-order valence-electron chi connectivity index (χ0n) is 13.0. The molecule has 3 rings (SSSR count). The van der Waals surface area contributed by atoms with E-state index in [0.29, 0.717) is 0 Å². The molecule has 1 aromatic carbocycles. The second kappa shape index (κ2) is 6.57. The summed E-state index contributed by atoms with van der Waals surface area (Å²) in [6.45, 7) is 5.02. The number of aromatic nitrogens is 2. The molecular weight excluding hydrogens is 294 g/mol. The van der Waals surface area contributed by atoms with Gasteiger partial charge in [0.25, 0.3) is 0 Å². The highest BCUT2D eigenvalue weighted by Gasteiger charge is 2.23. The van der Waals surface area contributed by atoms with E-state index < -0.39 is 0 Å². The monoisotopic (exact) mass is 315 g/mol. The van der Waals surface area contributed by atoms with Crippen molar-refractivity contribution in [3.63, 3.8) is 0 Å². The quantitative estimate of drug-likeness (QED) is 0.946. The van der Waals surface area contributed by atoms with Gasteiger partial charge in [0.2, 0.25) is 5.91 Å². The number of carbonyl (C=O) groups is 1. The Bertz CT molecular complexity index is 680. The molecular formula is C17H21N3OS. The Morgan fingerprint density at radius 3 is 2.95 bits per heavy atom. The number of hydrogen-bond acceptors (Lipinski definition) is 3. The molecule has 0 bridgehead atoms. The fourth-order valence-electron chi connectivity index (χ4n) is 2.60. The second-order valence-electron chi connectivity index (χ2n) is 5.74. The van der Waals surface area contributed by atoms with Crippen LogP contribution >= 0.6 is 11.8 Å². The average molecular weight is 315 g/mol. The number of aryl methyl sites for hydroxylation is 2. The lowest BCUT2D eigenvalue weighted by Gasteiger charge is -2.14. The fourth-order valence-corrected chi connectivity index (χ4v) is 3.73. The number of carbonyl (C=O) groups excluding carboxylic acids is 1. The smallest absolute Gasteiger partial charge is 0.233 e. The van der Waals surface area contributed by atoms with Crippen LogP contribution in [0.4, 0.5) is 0 Å². The number of imidazole rings is 1. The van der Waals surface area contributed by atoms with Crippen molar-refractivity contribution in [1.29, 1.82) is 0 Å². The SMILES string of the molecule is Cc1ccc(-n2ccnc2S[C@@H]2CCCCNC2=O)cc1C. The lowest BCUT2D eigenvalue weighted by atomic mass is 10.1. The van der Waals surface area contributed by atoms with Crippen molar-refractivity contribution in [2.45, 2.75) is 43.5 Å². The molecule has 0 spiro atoms. The largest absolute Gasteiger partial charge is 0.355 e. The summed E-state index contributed by atoms with van der Waals surface area (Å²) in [5, 5.41) is 3.82. The molecule has 0 unspecified atom stereocenters. The Morgan fingerprint density at radius 1 is 1.27 bits per heavy atom. The van der Waals surface area contributed by atoms with Crippen molar-refractivity contribution in [1.82, 2.24) is 14.9 Å². The van der Waals surface area contributed by atoms with E-state index in [2.05, 4.69) is 46.9 Å². The van der Waals surface area contributed by atoms with E-state index in [-0.39, 0.29) is 11.2 Å². The lowest BCUT2D eigenvalue weighted by molar-refractivity contribution is -0.120. The molecule has 1 atom stereocenters. The van der Waals surface area contributed by atoms with Gasteiger partial charge in [-0.3, -0.25) is 9.36 Å². The lowest BCUT2D eigenvalue weighted by Crippen LogP contribution is -2.30. The number of amides is 1. The summed E-state index contributed by atoms with van der Waals surface area (Å²) in [6.07, 6.45) is 6.82. The van der Waals surface area contributed by atoms with Gasteiger partial charge < -0.3 is 5.32 Å². The first-order chi connectivity index (χ1) is 10.6. The highest BCUT2D eigenvalue weighted by molar-refractivity contribution is 8.00. The summed E-state index contributed by atoms with van der Waals surface area (Å²) < 4.78 is 2.06. The average Bonchev–Trinajstić information content (AvgIpc) is 2.87. The van der Waals surface area contributed by atoms with Crippen LogP contribution in [0, 0.1) is 13.8 Å². The second-order valence-corrected chi connectivity index (χ2v) is 6.91. The van der Waals surface area contributed by atoms with Crippen LogP contribution in [0.2, 0.25) is 0 Å². The van der Waals surface area contributed by atoms with Gasteiger partial charge >= 0.3 is 0 Å². The maximum Gasteiger partial charge on any atom is 0.233 e. The molecule has 1 aliphatic rings. The summed E-state index contributed by atoms with van der Waals surface area (Å²) in [5.74, 6) is 0.136. The van der Waals surface area contributed by atoms with Gasteiger partial charge in [-0.15, -0.1) is 0 Å². The van der Waals surface area contributed by atoms with Gasteiger partial charge in [-0.05, 0) is 49.9 Å². The molecule has 1 N–H and O–H groups in total. The molecule has 2 aromatic rings. The van der Waals surface area contributed by atoms with Gasteiger partial charge in [0.05, 0.1) is 5.25 Å². The van der Waals surface area contributed by atoms with Gasteiger partial charge in [-0.2, -0.15) is 0 Å². The van der Waals surface area contributed by atoms with E-state index in [9.17, 15) is 4.79 Å². The van der Waals surface area contributed by atoms with Gasteiger partial charge in [-0.1, -0.05) is 24.2 Å². The summed E-state index contributed by atoms with van der Waals surface area (Å²) in [6, 6.07) is 6.38. The molecule has 2 heterocycles. The molecule has 1 aromatic heterocycles. The predicted molar refractivity (Wildman–Crippen MR) is 89.5 cm³/mol. The number of benzene rings is 1. The zero-order chi connectivity index (χ0) is 15.5. The number of thioether (sulfide) groups is 1. The maximum absolute atomic E-state index is 12.1. The van der Waals surface area contributed by atoms with Crippen molar-refractivity contribution in [2.24, 2.45) is 0 Å². The highest BCUT2D eigenvalue weighted by Crippen LogP contribution is 2.29. The molecule has 0 saturated carbocycles. The van der Waals surface area contributed by atoms with Crippen LogP contribution in [0.15, 0.2) is 35.7 Å². The van der Waals surface area contributed by atoms with Gasteiger partial charge in [0, 0.05) is 24.6 Å². The molecule has 1 amide bonds. The number of nitrogens with zero attached hydrogens (tertiary/aromatic N) is 2. The van der Waals surface area contributed by atoms with Crippen LogP contribution in [-0.2, 0) is 4.79 Å². The van der Waals surface area contributed by atoms with Crippen LogP contribution < -0.4 is 5.32 Å². The number of nitrogens with one attached hydrogen (secondary N) is 1. The molecule has 1 aliphatic heterocycles. The Morgan fingerprint density at radius 2 is 2.14 bits per heavy atom. The van der Waals surface area contributed by atoms with Crippen molar-refractivity contribution >= 4 is 17.7 Å². The van der Waals surface area contributed by atoms with Crippen molar-refractivity contribution in [3.8, 4) is 5.69 Å².